The van der Waals surface area contributed by atoms with Crippen LogP contribution in [0.5, 0.6) is 0 Å². The molecule has 0 aromatic carbocycles. The third-order valence-electron chi connectivity index (χ3n) is 4.37. The fraction of sp³-hybridized carbons (Fsp3) is 0.846. The van der Waals surface area contributed by atoms with Crippen LogP contribution in [0.2, 0.25) is 0 Å². The number of fused-ring (bicyclic) bond motifs is 1. The van der Waals surface area contributed by atoms with Crippen molar-refractivity contribution in [2.75, 3.05) is 58.9 Å². The third kappa shape index (κ3) is 2.88. The second-order valence-electron chi connectivity index (χ2n) is 5.75. The molecule has 3 amide bonds. The van der Waals surface area contributed by atoms with Crippen LogP contribution < -0.4 is 10.6 Å². The van der Waals surface area contributed by atoms with Crippen LogP contribution in [0.4, 0.5) is 4.79 Å². The summed E-state index contributed by atoms with van der Waals surface area (Å²) in [6.45, 7) is 7.07. The van der Waals surface area contributed by atoms with Crippen molar-refractivity contribution in [3.63, 3.8) is 0 Å². The molecule has 7 heteroatoms. The fourth-order valence-electron chi connectivity index (χ4n) is 3.20. The lowest BCUT2D eigenvalue weighted by molar-refractivity contribution is -0.132. The van der Waals surface area contributed by atoms with Crippen molar-refractivity contribution >= 4 is 11.9 Å². The molecular weight excluding hydrogens is 258 g/mol. The van der Waals surface area contributed by atoms with E-state index < -0.39 is 0 Å². The number of urea groups is 1. The summed E-state index contributed by atoms with van der Waals surface area (Å²) in [6.07, 6.45) is 1.03. The van der Waals surface area contributed by atoms with Crippen LogP contribution in [0.1, 0.15) is 6.42 Å². The van der Waals surface area contributed by atoms with Gasteiger partial charge >= 0.3 is 6.03 Å². The van der Waals surface area contributed by atoms with E-state index in [-0.39, 0.29) is 18.0 Å². The molecule has 3 saturated heterocycles. The molecule has 3 aliphatic heterocycles. The lowest BCUT2D eigenvalue weighted by Crippen LogP contribution is -2.54. The molecule has 0 aromatic heterocycles. The van der Waals surface area contributed by atoms with Gasteiger partial charge in [-0.3, -0.25) is 9.69 Å². The molecule has 1 unspecified atom stereocenters. The number of amides is 3. The molecule has 0 radical (unpaired) electrons. The molecular formula is C13H23N5O2. The molecule has 3 fully saturated rings. The normalized spacial score (nSPS) is 28.0. The van der Waals surface area contributed by atoms with E-state index in [2.05, 4.69) is 15.5 Å². The summed E-state index contributed by atoms with van der Waals surface area (Å²) in [5.41, 5.74) is 0. The minimum Gasteiger partial charge on any atom is -0.340 e. The molecule has 0 spiro atoms. The van der Waals surface area contributed by atoms with Crippen molar-refractivity contribution in [3.05, 3.63) is 0 Å². The Hall–Kier alpha value is -1.34. The number of nitrogens with one attached hydrogen (secondary N) is 2. The second kappa shape index (κ2) is 5.97. The first-order chi connectivity index (χ1) is 9.74. The largest absolute Gasteiger partial charge is 0.340 e. The van der Waals surface area contributed by atoms with Crippen LogP contribution in [0.15, 0.2) is 0 Å². The Morgan fingerprint density at radius 2 is 2.10 bits per heavy atom. The number of carbonyl (C=O) groups excluding carboxylic acids is 2. The Labute approximate surface area is 119 Å². The van der Waals surface area contributed by atoms with Gasteiger partial charge in [-0.2, -0.15) is 0 Å². The first kappa shape index (κ1) is 13.6. The number of nitrogens with zero attached hydrogens (tertiary/aromatic N) is 3. The Morgan fingerprint density at radius 1 is 1.20 bits per heavy atom. The van der Waals surface area contributed by atoms with Crippen LogP contribution in [0.25, 0.3) is 0 Å². The SMILES string of the molecule is O=C(CN1CCN2C(=O)NCC2C1)N1CCCNCC1. The Balaban J connectivity index is 1.50. The number of piperazine rings is 1. The number of hydrogen-bond donors (Lipinski definition) is 2. The molecule has 2 N–H and O–H groups in total. The van der Waals surface area contributed by atoms with Gasteiger partial charge in [-0.05, 0) is 13.0 Å². The van der Waals surface area contributed by atoms with E-state index in [9.17, 15) is 9.59 Å². The van der Waals surface area contributed by atoms with Crippen LogP contribution in [0, 0.1) is 0 Å². The Bertz CT molecular complexity index is 381. The first-order valence-electron chi connectivity index (χ1n) is 7.49. The van der Waals surface area contributed by atoms with Crippen molar-refractivity contribution < 1.29 is 9.59 Å². The predicted octanol–water partition coefficient (Wildman–Crippen LogP) is -1.48. The predicted molar refractivity (Wildman–Crippen MR) is 74.4 cm³/mol. The highest BCUT2D eigenvalue weighted by Crippen LogP contribution is 2.14. The average Bonchev–Trinajstić information content (AvgIpc) is 2.68. The van der Waals surface area contributed by atoms with E-state index in [1.54, 1.807) is 0 Å². The molecule has 1 atom stereocenters. The summed E-state index contributed by atoms with van der Waals surface area (Å²) in [7, 11) is 0. The van der Waals surface area contributed by atoms with E-state index in [1.807, 2.05) is 9.80 Å². The first-order valence-corrected chi connectivity index (χ1v) is 7.49. The molecule has 3 heterocycles. The van der Waals surface area contributed by atoms with E-state index in [1.165, 1.54) is 0 Å². The molecule has 0 saturated carbocycles. The molecule has 0 aliphatic carbocycles. The van der Waals surface area contributed by atoms with Gasteiger partial charge in [-0.15, -0.1) is 0 Å². The maximum atomic E-state index is 12.3. The van der Waals surface area contributed by atoms with E-state index in [0.29, 0.717) is 13.1 Å². The molecule has 20 heavy (non-hydrogen) atoms. The highest BCUT2D eigenvalue weighted by molar-refractivity contribution is 5.79. The maximum Gasteiger partial charge on any atom is 0.317 e. The zero-order valence-corrected chi connectivity index (χ0v) is 11.8. The zero-order chi connectivity index (χ0) is 13.9. The van der Waals surface area contributed by atoms with Crippen molar-refractivity contribution in [1.82, 2.24) is 25.3 Å². The van der Waals surface area contributed by atoms with Gasteiger partial charge in [0.05, 0.1) is 12.6 Å². The van der Waals surface area contributed by atoms with Gasteiger partial charge < -0.3 is 20.4 Å². The van der Waals surface area contributed by atoms with Gasteiger partial charge in [0.2, 0.25) is 5.91 Å². The maximum absolute atomic E-state index is 12.3. The summed E-state index contributed by atoms with van der Waals surface area (Å²) in [5, 5.41) is 6.17. The standard InChI is InChI=1S/C13H23N5O2/c19-12(17-4-1-2-14-3-5-17)10-16-6-7-18-11(9-16)8-15-13(18)20/h11,14H,1-10H2,(H,15,20). The highest BCUT2D eigenvalue weighted by atomic mass is 16.2. The topological polar surface area (TPSA) is 67.9 Å². The highest BCUT2D eigenvalue weighted by Gasteiger charge is 2.36. The van der Waals surface area contributed by atoms with Crippen LogP contribution >= 0.6 is 0 Å². The Morgan fingerprint density at radius 3 is 3.00 bits per heavy atom. The molecule has 7 nitrogen and oxygen atoms in total. The van der Waals surface area contributed by atoms with E-state index in [0.717, 1.165) is 52.2 Å². The zero-order valence-electron chi connectivity index (χ0n) is 11.8. The van der Waals surface area contributed by atoms with Gasteiger partial charge in [0, 0.05) is 45.8 Å². The summed E-state index contributed by atoms with van der Waals surface area (Å²) in [4.78, 5) is 29.9. The monoisotopic (exact) mass is 281 g/mol. The van der Waals surface area contributed by atoms with Gasteiger partial charge in [-0.1, -0.05) is 0 Å². The molecule has 3 aliphatic rings. The van der Waals surface area contributed by atoms with Crippen LogP contribution in [-0.2, 0) is 4.79 Å². The summed E-state index contributed by atoms with van der Waals surface area (Å²) < 4.78 is 0. The van der Waals surface area contributed by atoms with Crippen molar-refractivity contribution in [2.45, 2.75) is 12.5 Å². The smallest absolute Gasteiger partial charge is 0.317 e. The Kier molecular flexibility index (Phi) is 4.07. The van der Waals surface area contributed by atoms with Crippen molar-refractivity contribution in [1.29, 1.82) is 0 Å². The molecule has 3 rings (SSSR count). The average molecular weight is 281 g/mol. The summed E-state index contributed by atoms with van der Waals surface area (Å²) in [6, 6.07) is 0.273. The number of carbonyl (C=O) groups is 2. The minimum atomic E-state index is 0.0413. The fourth-order valence-corrected chi connectivity index (χ4v) is 3.20. The van der Waals surface area contributed by atoms with Crippen LogP contribution in [-0.4, -0.2) is 91.6 Å². The van der Waals surface area contributed by atoms with Gasteiger partial charge in [0.15, 0.2) is 0 Å². The number of rotatable bonds is 2. The third-order valence-corrected chi connectivity index (χ3v) is 4.37. The van der Waals surface area contributed by atoms with Gasteiger partial charge in [-0.25, -0.2) is 4.79 Å². The molecule has 0 bridgehead atoms. The molecule has 0 aromatic rings. The molecule has 112 valence electrons. The van der Waals surface area contributed by atoms with Gasteiger partial charge in [0.1, 0.15) is 0 Å². The van der Waals surface area contributed by atoms with Crippen LogP contribution in [0.3, 0.4) is 0 Å². The second-order valence-corrected chi connectivity index (χ2v) is 5.75. The van der Waals surface area contributed by atoms with Crippen molar-refractivity contribution in [3.8, 4) is 0 Å². The van der Waals surface area contributed by atoms with Gasteiger partial charge in [0.25, 0.3) is 0 Å². The quantitative estimate of drug-likeness (QED) is 0.648. The van der Waals surface area contributed by atoms with Crippen molar-refractivity contribution in [2.24, 2.45) is 0 Å². The summed E-state index contributed by atoms with van der Waals surface area (Å²) in [5.74, 6) is 0.222. The van der Waals surface area contributed by atoms with E-state index in [4.69, 9.17) is 0 Å². The number of hydrogen-bond acceptors (Lipinski definition) is 4. The minimum absolute atomic E-state index is 0.0413. The van der Waals surface area contributed by atoms with E-state index >= 15 is 0 Å². The lowest BCUT2D eigenvalue weighted by Gasteiger charge is -2.36. The summed E-state index contributed by atoms with van der Waals surface area (Å²) >= 11 is 0. The lowest BCUT2D eigenvalue weighted by atomic mass is 10.2.